The van der Waals surface area contributed by atoms with E-state index in [0.29, 0.717) is 0 Å². The van der Waals surface area contributed by atoms with Gasteiger partial charge in [0.15, 0.2) is 6.23 Å². The van der Waals surface area contributed by atoms with Crippen LogP contribution in [0.5, 0.6) is 0 Å². The number of aliphatic imine (C=N–C) groups is 1. The van der Waals surface area contributed by atoms with Crippen LogP contribution in [0.25, 0.3) is 0 Å². The van der Waals surface area contributed by atoms with Crippen molar-refractivity contribution in [3.05, 3.63) is 33.8 Å². The number of aliphatic hydroxyl groups is 1. The van der Waals surface area contributed by atoms with Crippen LogP contribution in [0.1, 0.15) is 17.4 Å². The Morgan fingerprint density at radius 2 is 2.25 bits per heavy atom. The van der Waals surface area contributed by atoms with Crippen LogP contribution in [0.3, 0.4) is 0 Å². The average molecular weight is 228 g/mol. The number of nitrogens with zero attached hydrogens (tertiary/aromatic N) is 1. The molecule has 0 aliphatic rings. The van der Waals surface area contributed by atoms with Crippen molar-refractivity contribution in [3.63, 3.8) is 0 Å². The fourth-order valence-electron chi connectivity index (χ4n) is 0.988. The SMILES string of the molecule is C=NC(O)c1cc(Br)ccc1C. The first-order valence-electron chi connectivity index (χ1n) is 3.55. The van der Waals surface area contributed by atoms with E-state index in [4.69, 9.17) is 0 Å². The lowest BCUT2D eigenvalue weighted by Gasteiger charge is -2.08. The number of halogens is 1. The van der Waals surface area contributed by atoms with Crippen LogP contribution in [0.4, 0.5) is 0 Å². The van der Waals surface area contributed by atoms with Gasteiger partial charge in [0.25, 0.3) is 0 Å². The van der Waals surface area contributed by atoms with E-state index < -0.39 is 6.23 Å². The summed E-state index contributed by atoms with van der Waals surface area (Å²) in [5, 5.41) is 9.38. The molecular weight excluding hydrogens is 218 g/mol. The highest BCUT2D eigenvalue weighted by Gasteiger charge is 2.06. The number of hydrogen-bond donors (Lipinski definition) is 1. The molecule has 3 heteroatoms. The van der Waals surface area contributed by atoms with E-state index in [0.717, 1.165) is 15.6 Å². The summed E-state index contributed by atoms with van der Waals surface area (Å²) in [6.45, 7) is 5.22. The monoisotopic (exact) mass is 227 g/mol. The minimum atomic E-state index is -0.817. The predicted octanol–water partition coefficient (Wildman–Crippen LogP) is 2.45. The third-order valence-electron chi connectivity index (χ3n) is 1.69. The standard InChI is InChI=1S/C9H10BrNO/c1-6-3-4-7(10)5-8(6)9(12)11-2/h3-5,9,12H,2H2,1H3. The molecular formula is C9H10BrNO. The van der Waals surface area contributed by atoms with E-state index in [9.17, 15) is 5.11 Å². The second-order valence-electron chi connectivity index (χ2n) is 2.56. The molecule has 0 aliphatic carbocycles. The van der Waals surface area contributed by atoms with Crippen LogP contribution in [0.15, 0.2) is 27.7 Å². The zero-order chi connectivity index (χ0) is 9.14. The molecule has 12 heavy (non-hydrogen) atoms. The predicted molar refractivity (Wildman–Crippen MR) is 53.4 cm³/mol. The van der Waals surface area contributed by atoms with E-state index in [1.54, 1.807) is 0 Å². The lowest BCUT2D eigenvalue weighted by atomic mass is 10.1. The van der Waals surface area contributed by atoms with E-state index in [1.165, 1.54) is 0 Å². The second-order valence-corrected chi connectivity index (χ2v) is 3.47. The summed E-state index contributed by atoms with van der Waals surface area (Å²) in [6, 6.07) is 5.69. The molecule has 1 unspecified atom stereocenters. The summed E-state index contributed by atoms with van der Waals surface area (Å²) in [4.78, 5) is 3.55. The zero-order valence-electron chi connectivity index (χ0n) is 6.79. The maximum absolute atomic E-state index is 9.38. The number of hydrogen-bond acceptors (Lipinski definition) is 2. The van der Waals surface area contributed by atoms with Gasteiger partial charge < -0.3 is 5.11 Å². The summed E-state index contributed by atoms with van der Waals surface area (Å²) in [7, 11) is 0. The Balaban J connectivity index is 3.12. The van der Waals surface area contributed by atoms with Gasteiger partial charge in [0.1, 0.15) is 0 Å². The molecule has 1 rings (SSSR count). The highest BCUT2D eigenvalue weighted by atomic mass is 79.9. The third-order valence-corrected chi connectivity index (χ3v) is 2.19. The van der Waals surface area contributed by atoms with E-state index in [1.807, 2.05) is 25.1 Å². The molecule has 0 aromatic heterocycles. The lowest BCUT2D eigenvalue weighted by molar-refractivity contribution is 0.189. The topological polar surface area (TPSA) is 32.6 Å². The number of rotatable bonds is 2. The highest BCUT2D eigenvalue weighted by molar-refractivity contribution is 9.10. The number of benzene rings is 1. The van der Waals surface area contributed by atoms with Crippen molar-refractivity contribution in [3.8, 4) is 0 Å². The minimum Gasteiger partial charge on any atom is -0.368 e. The summed E-state index contributed by atoms with van der Waals surface area (Å²) in [6.07, 6.45) is -0.817. The quantitative estimate of drug-likeness (QED) is 0.774. The second kappa shape index (κ2) is 3.83. The fraction of sp³-hybridized carbons (Fsp3) is 0.222. The first kappa shape index (κ1) is 9.42. The van der Waals surface area contributed by atoms with Crippen molar-refractivity contribution in [1.29, 1.82) is 0 Å². The Morgan fingerprint density at radius 3 is 2.83 bits per heavy atom. The molecule has 0 saturated carbocycles. The molecule has 1 atom stereocenters. The van der Waals surface area contributed by atoms with Gasteiger partial charge in [0.2, 0.25) is 0 Å². The van der Waals surface area contributed by atoms with Crippen LogP contribution in [-0.2, 0) is 0 Å². The summed E-state index contributed by atoms with van der Waals surface area (Å²) in [5.74, 6) is 0. The summed E-state index contributed by atoms with van der Waals surface area (Å²) in [5.41, 5.74) is 1.80. The van der Waals surface area contributed by atoms with Gasteiger partial charge in [0.05, 0.1) is 0 Å². The Kier molecular flexibility index (Phi) is 3.00. The first-order valence-corrected chi connectivity index (χ1v) is 4.34. The smallest absolute Gasteiger partial charge is 0.170 e. The Morgan fingerprint density at radius 1 is 1.58 bits per heavy atom. The van der Waals surface area contributed by atoms with Crippen molar-refractivity contribution in [2.75, 3.05) is 0 Å². The normalized spacial score (nSPS) is 12.6. The van der Waals surface area contributed by atoms with E-state index in [2.05, 4.69) is 27.6 Å². The molecule has 0 heterocycles. The Bertz CT molecular complexity index is 299. The van der Waals surface area contributed by atoms with Crippen LogP contribution >= 0.6 is 15.9 Å². The third kappa shape index (κ3) is 1.93. The highest BCUT2D eigenvalue weighted by Crippen LogP contribution is 2.22. The molecule has 2 nitrogen and oxygen atoms in total. The fourth-order valence-corrected chi connectivity index (χ4v) is 1.37. The molecule has 0 amide bonds. The van der Waals surface area contributed by atoms with Gasteiger partial charge in [-0.3, -0.25) is 4.99 Å². The number of aliphatic hydroxyl groups excluding tert-OH is 1. The molecule has 0 radical (unpaired) electrons. The largest absolute Gasteiger partial charge is 0.368 e. The molecule has 0 spiro atoms. The van der Waals surface area contributed by atoms with Gasteiger partial charge >= 0.3 is 0 Å². The lowest BCUT2D eigenvalue weighted by Crippen LogP contribution is -1.95. The Labute approximate surface area is 80.1 Å². The van der Waals surface area contributed by atoms with E-state index in [-0.39, 0.29) is 0 Å². The Hall–Kier alpha value is -0.670. The molecule has 0 saturated heterocycles. The van der Waals surface area contributed by atoms with Crippen molar-refractivity contribution >= 4 is 22.6 Å². The van der Waals surface area contributed by atoms with Crippen molar-refractivity contribution in [2.24, 2.45) is 4.99 Å². The summed E-state index contributed by atoms with van der Waals surface area (Å²) < 4.78 is 0.936. The summed E-state index contributed by atoms with van der Waals surface area (Å²) >= 11 is 3.32. The molecule has 0 fully saturated rings. The van der Waals surface area contributed by atoms with Crippen molar-refractivity contribution in [2.45, 2.75) is 13.2 Å². The average Bonchev–Trinajstić information content (AvgIpc) is 2.08. The van der Waals surface area contributed by atoms with Crippen LogP contribution in [0.2, 0.25) is 0 Å². The number of aryl methyl sites for hydroxylation is 1. The van der Waals surface area contributed by atoms with Gasteiger partial charge in [-0.15, -0.1) is 0 Å². The van der Waals surface area contributed by atoms with Crippen molar-refractivity contribution < 1.29 is 5.11 Å². The molecule has 1 aromatic rings. The van der Waals surface area contributed by atoms with E-state index >= 15 is 0 Å². The maximum Gasteiger partial charge on any atom is 0.170 e. The van der Waals surface area contributed by atoms with Crippen LogP contribution in [-0.4, -0.2) is 11.8 Å². The van der Waals surface area contributed by atoms with Gasteiger partial charge in [-0.1, -0.05) is 22.0 Å². The first-order chi connectivity index (χ1) is 5.65. The minimum absolute atomic E-state index is 0.791. The molecule has 0 bridgehead atoms. The van der Waals surface area contributed by atoms with Gasteiger partial charge in [-0.25, -0.2) is 0 Å². The van der Waals surface area contributed by atoms with Gasteiger partial charge in [-0.2, -0.15) is 0 Å². The molecule has 64 valence electrons. The maximum atomic E-state index is 9.38. The molecule has 1 N–H and O–H groups in total. The molecule has 1 aromatic carbocycles. The van der Waals surface area contributed by atoms with Crippen molar-refractivity contribution in [1.82, 2.24) is 0 Å². The van der Waals surface area contributed by atoms with Gasteiger partial charge in [-0.05, 0) is 31.3 Å². The van der Waals surface area contributed by atoms with Crippen LogP contribution < -0.4 is 0 Å². The molecule has 0 aliphatic heterocycles. The van der Waals surface area contributed by atoms with Crippen LogP contribution in [0, 0.1) is 6.92 Å². The van der Waals surface area contributed by atoms with Gasteiger partial charge in [0, 0.05) is 10.0 Å². The zero-order valence-corrected chi connectivity index (χ0v) is 8.37.